The van der Waals surface area contributed by atoms with Crippen molar-refractivity contribution in [2.45, 2.75) is 25.9 Å². The summed E-state index contributed by atoms with van der Waals surface area (Å²) in [6.07, 6.45) is 3.99. The minimum atomic E-state index is -0.327. The highest BCUT2D eigenvalue weighted by Crippen LogP contribution is 2.29. The van der Waals surface area contributed by atoms with Crippen LogP contribution in [0.25, 0.3) is 0 Å². The van der Waals surface area contributed by atoms with Crippen LogP contribution in [0.4, 0.5) is 0 Å². The number of carbonyl (C=O) groups excluding carboxylic acids is 1. The third-order valence-corrected chi connectivity index (χ3v) is 1.57. The van der Waals surface area contributed by atoms with Crippen molar-refractivity contribution < 1.29 is 9.53 Å². The van der Waals surface area contributed by atoms with Gasteiger partial charge in [-0.2, -0.15) is 0 Å². The summed E-state index contributed by atoms with van der Waals surface area (Å²) in [4.78, 5) is 11.0. The lowest BCUT2D eigenvalue weighted by Crippen LogP contribution is -2.17. The first kappa shape index (κ1) is 8.05. The van der Waals surface area contributed by atoms with Gasteiger partial charge in [-0.1, -0.05) is 18.7 Å². The number of allylic oxidation sites excluding steroid dienone is 2. The maximum atomic E-state index is 11.0. The number of esters is 1. The fourth-order valence-corrected chi connectivity index (χ4v) is 1.15. The molecule has 0 radical (unpaired) electrons. The molecule has 0 bridgehead atoms. The standard InChI is InChI=1S/C9H12O2/c1-4-5-7-6-9(2,3)11-8(7)10/h4-5H,1,6H2,2-3H3/b7-5+. The highest BCUT2D eigenvalue weighted by molar-refractivity contribution is 5.91. The molecule has 1 aliphatic heterocycles. The van der Waals surface area contributed by atoms with Crippen molar-refractivity contribution in [3.8, 4) is 0 Å². The van der Waals surface area contributed by atoms with Crippen molar-refractivity contribution in [1.29, 1.82) is 0 Å². The lowest BCUT2D eigenvalue weighted by molar-refractivity contribution is -0.143. The molecule has 0 amide bonds. The van der Waals surface area contributed by atoms with Crippen molar-refractivity contribution in [2.24, 2.45) is 0 Å². The van der Waals surface area contributed by atoms with Gasteiger partial charge in [-0.15, -0.1) is 0 Å². The fraction of sp³-hybridized carbons (Fsp3) is 0.444. The lowest BCUT2D eigenvalue weighted by atomic mass is 10.0. The van der Waals surface area contributed by atoms with Gasteiger partial charge in [-0.05, 0) is 13.8 Å². The summed E-state index contributed by atoms with van der Waals surface area (Å²) in [6.45, 7) is 7.32. The Kier molecular flexibility index (Phi) is 1.85. The zero-order chi connectivity index (χ0) is 8.48. The molecule has 1 rings (SSSR count). The van der Waals surface area contributed by atoms with Gasteiger partial charge in [0.05, 0.1) is 0 Å². The molecule has 0 N–H and O–H groups in total. The summed E-state index contributed by atoms with van der Waals surface area (Å²) < 4.78 is 5.06. The van der Waals surface area contributed by atoms with Gasteiger partial charge < -0.3 is 4.74 Å². The van der Waals surface area contributed by atoms with Crippen molar-refractivity contribution in [3.05, 3.63) is 24.3 Å². The van der Waals surface area contributed by atoms with Gasteiger partial charge in [-0.25, -0.2) is 4.79 Å². The fourth-order valence-electron chi connectivity index (χ4n) is 1.15. The van der Waals surface area contributed by atoms with E-state index in [4.69, 9.17) is 4.74 Å². The monoisotopic (exact) mass is 152 g/mol. The molecule has 2 heteroatoms. The molecule has 0 unspecified atom stereocenters. The highest BCUT2D eigenvalue weighted by atomic mass is 16.6. The summed E-state index contributed by atoms with van der Waals surface area (Å²) in [5.41, 5.74) is 0.386. The Bertz CT molecular complexity index is 224. The predicted octanol–water partition coefficient (Wildman–Crippen LogP) is 1.82. The number of hydrogen-bond donors (Lipinski definition) is 0. The van der Waals surface area contributed by atoms with E-state index >= 15 is 0 Å². The van der Waals surface area contributed by atoms with E-state index in [1.807, 2.05) is 13.8 Å². The minimum Gasteiger partial charge on any atom is -0.456 e. The van der Waals surface area contributed by atoms with Gasteiger partial charge >= 0.3 is 5.97 Å². The van der Waals surface area contributed by atoms with Crippen LogP contribution < -0.4 is 0 Å². The number of cyclic esters (lactones) is 1. The van der Waals surface area contributed by atoms with Gasteiger partial charge in [0.25, 0.3) is 0 Å². The summed E-state index contributed by atoms with van der Waals surface area (Å²) in [5.74, 6) is -0.213. The van der Waals surface area contributed by atoms with E-state index in [1.165, 1.54) is 0 Å². The van der Waals surface area contributed by atoms with Crippen LogP contribution in [-0.4, -0.2) is 11.6 Å². The summed E-state index contributed by atoms with van der Waals surface area (Å²) >= 11 is 0. The third-order valence-electron chi connectivity index (χ3n) is 1.57. The molecule has 11 heavy (non-hydrogen) atoms. The van der Waals surface area contributed by atoms with Gasteiger partial charge in [0.15, 0.2) is 0 Å². The smallest absolute Gasteiger partial charge is 0.334 e. The second kappa shape index (κ2) is 2.53. The van der Waals surface area contributed by atoms with Crippen LogP contribution in [-0.2, 0) is 9.53 Å². The Balaban J connectivity index is 2.82. The average Bonchev–Trinajstić information content (AvgIpc) is 2.07. The molecule has 0 aromatic rings. The van der Waals surface area contributed by atoms with Crippen LogP contribution in [0.15, 0.2) is 24.3 Å². The van der Waals surface area contributed by atoms with Gasteiger partial charge in [0.1, 0.15) is 5.60 Å². The molecule has 60 valence electrons. The van der Waals surface area contributed by atoms with E-state index in [1.54, 1.807) is 12.2 Å². The number of carbonyl (C=O) groups is 1. The van der Waals surface area contributed by atoms with Crippen molar-refractivity contribution in [1.82, 2.24) is 0 Å². The molecule has 0 atom stereocenters. The molecule has 1 saturated heterocycles. The number of ether oxygens (including phenoxy) is 1. The number of rotatable bonds is 1. The average molecular weight is 152 g/mol. The second-order valence-electron chi connectivity index (χ2n) is 3.25. The van der Waals surface area contributed by atoms with Gasteiger partial charge in [0.2, 0.25) is 0 Å². The van der Waals surface area contributed by atoms with E-state index < -0.39 is 0 Å². The van der Waals surface area contributed by atoms with Crippen LogP contribution in [0, 0.1) is 0 Å². The van der Waals surface area contributed by atoms with Crippen molar-refractivity contribution in [2.75, 3.05) is 0 Å². The van der Waals surface area contributed by atoms with Crippen molar-refractivity contribution >= 4 is 5.97 Å². The first-order valence-electron chi connectivity index (χ1n) is 3.60. The first-order valence-corrected chi connectivity index (χ1v) is 3.60. The molecule has 1 fully saturated rings. The van der Waals surface area contributed by atoms with Crippen LogP contribution in [0.5, 0.6) is 0 Å². The van der Waals surface area contributed by atoms with Gasteiger partial charge in [0, 0.05) is 12.0 Å². The second-order valence-corrected chi connectivity index (χ2v) is 3.25. The molecule has 0 spiro atoms. The largest absolute Gasteiger partial charge is 0.456 e. The van der Waals surface area contributed by atoms with Crippen LogP contribution >= 0.6 is 0 Å². The Morgan fingerprint density at radius 3 is 2.64 bits per heavy atom. The number of hydrogen-bond acceptors (Lipinski definition) is 2. The third kappa shape index (κ3) is 1.70. The molecule has 0 aliphatic carbocycles. The molecular formula is C9H12O2. The summed E-state index contributed by atoms with van der Waals surface area (Å²) in [7, 11) is 0. The molecule has 1 heterocycles. The molecule has 0 saturated carbocycles. The molecule has 0 aromatic carbocycles. The quantitative estimate of drug-likeness (QED) is 0.423. The molecule has 1 aliphatic rings. The Morgan fingerprint density at radius 2 is 2.27 bits per heavy atom. The zero-order valence-corrected chi connectivity index (χ0v) is 6.89. The van der Waals surface area contributed by atoms with Gasteiger partial charge in [-0.3, -0.25) is 0 Å². The van der Waals surface area contributed by atoms with Crippen LogP contribution in [0.1, 0.15) is 20.3 Å². The first-order chi connectivity index (χ1) is 5.05. The lowest BCUT2D eigenvalue weighted by Gasteiger charge is -2.13. The molecule has 2 nitrogen and oxygen atoms in total. The van der Waals surface area contributed by atoms with E-state index in [9.17, 15) is 4.79 Å². The SMILES string of the molecule is C=C/C=C1\CC(C)(C)OC1=O. The predicted molar refractivity (Wildman–Crippen MR) is 43.1 cm³/mol. The topological polar surface area (TPSA) is 26.3 Å². The van der Waals surface area contributed by atoms with Crippen LogP contribution in [0.3, 0.4) is 0 Å². The summed E-state index contributed by atoms with van der Waals surface area (Å²) in [5, 5.41) is 0. The Morgan fingerprint density at radius 1 is 1.64 bits per heavy atom. The minimum absolute atomic E-state index is 0.213. The highest BCUT2D eigenvalue weighted by Gasteiger charge is 2.34. The normalized spacial score (nSPS) is 25.3. The van der Waals surface area contributed by atoms with Crippen LogP contribution in [0.2, 0.25) is 0 Å². The van der Waals surface area contributed by atoms with E-state index in [-0.39, 0.29) is 11.6 Å². The Labute approximate surface area is 66.5 Å². The maximum absolute atomic E-state index is 11.0. The van der Waals surface area contributed by atoms with E-state index in [0.717, 1.165) is 0 Å². The molecular weight excluding hydrogens is 140 g/mol. The molecule has 0 aromatic heterocycles. The van der Waals surface area contributed by atoms with E-state index in [2.05, 4.69) is 6.58 Å². The van der Waals surface area contributed by atoms with Crippen molar-refractivity contribution in [3.63, 3.8) is 0 Å². The van der Waals surface area contributed by atoms with E-state index in [0.29, 0.717) is 12.0 Å². The maximum Gasteiger partial charge on any atom is 0.334 e. The Hall–Kier alpha value is -1.05. The zero-order valence-electron chi connectivity index (χ0n) is 6.89. The summed E-state index contributed by atoms with van der Waals surface area (Å²) in [6, 6.07) is 0.